The average molecular weight is 508 g/mol. The number of rotatable bonds is 4. The molecule has 6 rings (SSSR count). The molecule has 1 aromatic carbocycles. The molecule has 2 fully saturated rings. The molecule has 1 saturated carbocycles. The minimum absolute atomic E-state index is 0. The van der Waals surface area contributed by atoms with Crippen molar-refractivity contribution in [3.63, 3.8) is 0 Å². The van der Waals surface area contributed by atoms with E-state index in [1.54, 1.807) is 0 Å². The third-order valence-electron chi connectivity index (χ3n) is 8.70. The van der Waals surface area contributed by atoms with Gasteiger partial charge in [0.15, 0.2) is 5.82 Å². The molecule has 6 nitrogen and oxygen atoms in total. The molecule has 0 radical (unpaired) electrons. The van der Waals surface area contributed by atoms with Crippen LogP contribution in [0.4, 0.5) is 5.82 Å². The van der Waals surface area contributed by atoms with Gasteiger partial charge in [-0.05, 0) is 68.8 Å². The number of hydrogen-bond acceptors (Lipinski definition) is 4. The summed E-state index contributed by atoms with van der Waals surface area (Å²) < 4.78 is 2.52. The first-order valence-corrected chi connectivity index (χ1v) is 13.3. The third kappa shape index (κ3) is 4.39. The third-order valence-corrected chi connectivity index (χ3v) is 8.70. The highest BCUT2D eigenvalue weighted by atomic mass is 35.5. The number of fused-ring (bicyclic) bond motifs is 2. The Bertz CT molecular complexity index is 1270. The van der Waals surface area contributed by atoms with Crippen molar-refractivity contribution < 1.29 is 4.79 Å². The van der Waals surface area contributed by atoms with Crippen LogP contribution in [0.1, 0.15) is 52.1 Å². The summed E-state index contributed by atoms with van der Waals surface area (Å²) in [6.45, 7) is 10.7. The van der Waals surface area contributed by atoms with Gasteiger partial charge in [-0.15, -0.1) is 12.4 Å². The standard InChI is InChI=1S/C29H37N5O.ClH/c1-20-21(2)34(18-22-7-6-8-22)27-25(20)17-26(29(35)32-15-13-31(3)14-16-32)30-28(27)33-12-11-23-9-4-5-10-24(23)19-33;/h4-5,9-10,17,22H,6-8,11-16,18-19H2,1-3H3;1H. The van der Waals surface area contributed by atoms with E-state index in [1.165, 1.54) is 52.5 Å². The van der Waals surface area contributed by atoms with Crippen LogP contribution in [0.5, 0.6) is 0 Å². The first-order chi connectivity index (χ1) is 17.0. The Kier molecular flexibility index (Phi) is 7.01. The number of hydrogen-bond donors (Lipinski definition) is 0. The van der Waals surface area contributed by atoms with E-state index in [4.69, 9.17) is 4.98 Å². The Morgan fingerprint density at radius 3 is 2.44 bits per heavy atom. The van der Waals surface area contributed by atoms with Crippen LogP contribution in [0.25, 0.3) is 10.9 Å². The predicted molar refractivity (Wildman–Crippen MR) is 148 cm³/mol. The minimum atomic E-state index is 0. The van der Waals surface area contributed by atoms with Crippen molar-refractivity contribution in [1.29, 1.82) is 0 Å². The van der Waals surface area contributed by atoms with Gasteiger partial charge in [0.25, 0.3) is 5.91 Å². The lowest BCUT2D eigenvalue weighted by atomic mass is 9.85. The fourth-order valence-electron chi connectivity index (χ4n) is 5.98. The second-order valence-electron chi connectivity index (χ2n) is 10.9. The highest BCUT2D eigenvalue weighted by molar-refractivity contribution is 6.01. The van der Waals surface area contributed by atoms with Gasteiger partial charge in [-0.1, -0.05) is 30.7 Å². The van der Waals surface area contributed by atoms with Crippen LogP contribution >= 0.6 is 12.4 Å². The molecule has 1 saturated heterocycles. The Morgan fingerprint density at radius 1 is 1.03 bits per heavy atom. The number of likely N-dealkylation sites (N-methyl/N-ethyl adjacent to an activating group) is 1. The number of halogens is 1. The van der Waals surface area contributed by atoms with Crippen LogP contribution in [-0.2, 0) is 19.5 Å². The van der Waals surface area contributed by atoms with E-state index >= 15 is 0 Å². The number of nitrogens with zero attached hydrogens (tertiary/aromatic N) is 5. The molecule has 0 N–H and O–H groups in total. The number of piperazine rings is 1. The second kappa shape index (κ2) is 10.1. The lowest BCUT2D eigenvalue weighted by Gasteiger charge is -2.33. The molecule has 1 amide bonds. The van der Waals surface area contributed by atoms with E-state index < -0.39 is 0 Å². The van der Waals surface area contributed by atoms with Gasteiger partial charge in [0.1, 0.15) is 5.69 Å². The Balaban J connectivity index is 0.00000267. The number of aryl methyl sites for hydroxylation is 1. The molecule has 0 bridgehead atoms. The molecule has 36 heavy (non-hydrogen) atoms. The first kappa shape index (κ1) is 25.1. The van der Waals surface area contributed by atoms with Gasteiger partial charge in [0.2, 0.25) is 0 Å². The highest BCUT2D eigenvalue weighted by Crippen LogP contribution is 2.37. The van der Waals surface area contributed by atoms with Crippen molar-refractivity contribution in [2.24, 2.45) is 5.92 Å². The first-order valence-electron chi connectivity index (χ1n) is 13.3. The van der Waals surface area contributed by atoms with E-state index in [0.717, 1.165) is 64.0 Å². The summed E-state index contributed by atoms with van der Waals surface area (Å²) in [6.07, 6.45) is 4.99. The molecule has 0 spiro atoms. The summed E-state index contributed by atoms with van der Waals surface area (Å²) in [5, 5.41) is 1.20. The van der Waals surface area contributed by atoms with Crippen LogP contribution < -0.4 is 4.90 Å². The van der Waals surface area contributed by atoms with Crippen molar-refractivity contribution in [1.82, 2.24) is 19.4 Å². The van der Waals surface area contributed by atoms with Crippen molar-refractivity contribution in [3.8, 4) is 0 Å². The molecule has 7 heteroatoms. The van der Waals surface area contributed by atoms with Crippen molar-refractivity contribution >= 4 is 35.0 Å². The number of benzene rings is 1. The average Bonchev–Trinajstić information content (AvgIpc) is 3.10. The summed E-state index contributed by atoms with van der Waals surface area (Å²) in [5.74, 6) is 1.82. The molecule has 0 atom stereocenters. The maximum Gasteiger partial charge on any atom is 0.272 e. The molecule has 1 aliphatic carbocycles. The highest BCUT2D eigenvalue weighted by Gasteiger charge is 2.29. The van der Waals surface area contributed by atoms with Gasteiger partial charge in [-0.25, -0.2) is 4.98 Å². The van der Waals surface area contributed by atoms with Crippen LogP contribution in [-0.4, -0.2) is 65.0 Å². The van der Waals surface area contributed by atoms with E-state index in [9.17, 15) is 4.79 Å². The normalized spacial score (nSPS) is 18.6. The van der Waals surface area contributed by atoms with Crippen LogP contribution in [0.3, 0.4) is 0 Å². The van der Waals surface area contributed by atoms with Crippen LogP contribution in [0.2, 0.25) is 0 Å². The zero-order chi connectivity index (χ0) is 24.1. The molecule has 4 heterocycles. The Hall–Kier alpha value is -2.57. The molecule has 3 aliphatic rings. The van der Waals surface area contributed by atoms with Gasteiger partial charge in [-0.3, -0.25) is 4.79 Å². The van der Waals surface area contributed by atoms with Gasteiger partial charge in [0.05, 0.1) is 5.52 Å². The quantitative estimate of drug-likeness (QED) is 0.507. The molecule has 3 aromatic rings. The van der Waals surface area contributed by atoms with Crippen LogP contribution in [0, 0.1) is 19.8 Å². The zero-order valence-corrected chi connectivity index (χ0v) is 22.6. The van der Waals surface area contributed by atoms with Crippen molar-refractivity contribution in [3.05, 3.63) is 58.4 Å². The SMILES string of the molecule is Cc1c(C)n(CC2CCC2)c2c(N3CCc4ccccc4C3)nc(C(=O)N3CCN(C)CC3)cc12.Cl. The fourth-order valence-corrected chi connectivity index (χ4v) is 5.98. The number of carbonyl (C=O) groups excluding carboxylic acids is 1. The number of carbonyl (C=O) groups is 1. The molecule has 0 unspecified atom stereocenters. The Morgan fingerprint density at radius 2 is 1.75 bits per heavy atom. The van der Waals surface area contributed by atoms with E-state index in [-0.39, 0.29) is 18.3 Å². The maximum absolute atomic E-state index is 13.6. The summed E-state index contributed by atoms with van der Waals surface area (Å²) in [7, 11) is 2.12. The summed E-state index contributed by atoms with van der Waals surface area (Å²) >= 11 is 0. The lowest BCUT2D eigenvalue weighted by molar-refractivity contribution is 0.0658. The second-order valence-corrected chi connectivity index (χ2v) is 10.9. The van der Waals surface area contributed by atoms with Gasteiger partial charge >= 0.3 is 0 Å². The molecular formula is C29H38ClN5O. The smallest absolute Gasteiger partial charge is 0.272 e. The Labute approximate surface area is 220 Å². The van der Waals surface area contributed by atoms with Gasteiger partial charge in [-0.2, -0.15) is 0 Å². The zero-order valence-electron chi connectivity index (χ0n) is 21.8. The maximum atomic E-state index is 13.6. The summed E-state index contributed by atoms with van der Waals surface area (Å²) in [4.78, 5) is 25.5. The van der Waals surface area contributed by atoms with Crippen molar-refractivity contribution in [2.45, 2.75) is 52.6 Å². The number of aromatic nitrogens is 2. The molecule has 192 valence electrons. The number of anilines is 1. The van der Waals surface area contributed by atoms with Gasteiger partial charge < -0.3 is 19.3 Å². The van der Waals surface area contributed by atoms with Crippen LogP contribution in [0.15, 0.2) is 30.3 Å². The monoisotopic (exact) mass is 507 g/mol. The molecule has 2 aromatic heterocycles. The number of pyridine rings is 1. The fraction of sp³-hybridized carbons (Fsp3) is 0.517. The topological polar surface area (TPSA) is 44.6 Å². The minimum Gasteiger partial charge on any atom is -0.350 e. The molecular weight excluding hydrogens is 470 g/mol. The predicted octanol–water partition coefficient (Wildman–Crippen LogP) is 4.83. The van der Waals surface area contributed by atoms with E-state index in [0.29, 0.717) is 5.69 Å². The molecule has 2 aliphatic heterocycles. The summed E-state index contributed by atoms with van der Waals surface area (Å²) in [6, 6.07) is 10.8. The van der Waals surface area contributed by atoms with E-state index in [2.05, 4.69) is 65.6 Å². The summed E-state index contributed by atoms with van der Waals surface area (Å²) in [5.41, 5.74) is 7.22. The van der Waals surface area contributed by atoms with E-state index in [1.807, 2.05) is 4.90 Å². The largest absolute Gasteiger partial charge is 0.350 e. The number of amides is 1. The van der Waals surface area contributed by atoms with Crippen molar-refractivity contribution in [2.75, 3.05) is 44.7 Å². The lowest BCUT2D eigenvalue weighted by Crippen LogP contribution is -2.47. The van der Waals surface area contributed by atoms with Gasteiger partial charge in [0, 0.05) is 56.9 Å².